The van der Waals surface area contributed by atoms with Gasteiger partial charge in [-0.05, 0) is 48.4 Å². The van der Waals surface area contributed by atoms with Gasteiger partial charge in [0.05, 0.1) is 12.2 Å². The second-order valence-corrected chi connectivity index (χ2v) is 22.0. The lowest BCUT2D eigenvalue weighted by Crippen LogP contribution is -2.53. The second kappa shape index (κ2) is 9.70. The highest BCUT2D eigenvalue weighted by atomic mass is 35.5. The second-order valence-electron chi connectivity index (χ2n) is 11.8. The van der Waals surface area contributed by atoms with Gasteiger partial charge in [-0.25, -0.2) is 9.18 Å². The van der Waals surface area contributed by atoms with Crippen molar-refractivity contribution < 1.29 is 27.5 Å². The summed E-state index contributed by atoms with van der Waals surface area (Å²) in [6, 6.07) is 8.37. The van der Waals surface area contributed by atoms with Gasteiger partial charge >= 0.3 is 5.97 Å². The third-order valence-corrected chi connectivity index (χ3v) is 16.5. The van der Waals surface area contributed by atoms with Crippen molar-refractivity contribution in [1.29, 1.82) is 0 Å². The van der Waals surface area contributed by atoms with Crippen molar-refractivity contribution in [3.05, 3.63) is 35.9 Å². The molecular formula is C24H40ClFO5Si2. The van der Waals surface area contributed by atoms with Crippen LogP contribution in [-0.2, 0) is 18.3 Å². The van der Waals surface area contributed by atoms with Crippen LogP contribution in [0.1, 0.15) is 51.9 Å². The Hall–Kier alpha value is -0.776. The predicted octanol–water partition coefficient (Wildman–Crippen LogP) is 6.89. The van der Waals surface area contributed by atoms with Crippen LogP contribution in [-0.4, -0.2) is 52.8 Å². The molecule has 0 aliphatic carbocycles. The molecule has 1 unspecified atom stereocenters. The van der Waals surface area contributed by atoms with Crippen molar-refractivity contribution in [3.8, 4) is 0 Å². The average Bonchev–Trinajstić information content (AvgIpc) is 2.89. The minimum atomic E-state index is -2.55. The molecule has 33 heavy (non-hydrogen) atoms. The monoisotopic (exact) mass is 518 g/mol. The first-order valence-electron chi connectivity index (χ1n) is 11.4. The minimum absolute atomic E-state index is 0.0334. The summed E-state index contributed by atoms with van der Waals surface area (Å²) in [7, 11) is -4.58. The van der Waals surface area contributed by atoms with Crippen LogP contribution in [0.15, 0.2) is 30.3 Å². The number of rotatable bonds is 7. The van der Waals surface area contributed by atoms with Crippen molar-refractivity contribution in [2.45, 2.75) is 101 Å². The highest BCUT2D eigenvalue weighted by Crippen LogP contribution is 2.47. The minimum Gasteiger partial charge on any atom is -0.427 e. The Morgan fingerprint density at radius 2 is 1.55 bits per heavy atom. The molecule has 1 aliphatic heterocycles. The van der Waals surface area contributed by atoms with Crippen LogP contribution in [0, 0.1) is 0 Å². The summed E-state index contributed by atoms with van der Waals surface area (Å²) in [6.45, 7) is 21.0. The molecule has 1 saturated heterocycles. The van der Waals surface area contributed by atoms with Crippen molar-refractivity contribution in [2.75, 3.05) is 6.61 Å². The summed E-state index contributed by atoms with van der Waals surface area (Å²) in [5, 5.41) is -2.76. The third kappa shape index (κ3) is 6.46. The van der Waals surface area contributed by atoms with E-state index in [2.05, 4.69) is 54.6 Å². The van der Waals surface area contributed by atoms with Crippen LogP contribution in [0.25, 0.3) is 0 Å². The van der Waals surface area contributed by atoms with Gasteiger partial charge in [-0.2, -0.15) is 0 Å². The van der Waals surface area contributed by atoms with Crippen LogP contribution in [0.3, 0.4) is 0 Å². The van der Waals surface area contributed by atoms with E-state index in [0.717, 1.165) is 0 Å². The molecule has 1 fully saturated rings. The molecule has 188 valence electrons. The van der Waals surface area contributed by atoms with Gasteiger partial charge in [0.2, 0.25) is 0 Å². The Morgan fingerprint density at radius 1 is 1.03 bits per heavy atom. The van der Waals surface area contributed by atoms with E-state index in [1.807, 2.05) is 13.1 Å². The zero-order chi connectivity index (χ0) is 25.5. The number of hydrogen-bond donors (Lipinski definition) is 0. The number of carbonyl (C=O) groups excluding carboxylic acids is 1. The number of esters is 1. The summed E-state index contributed by atoms with van der Waals surface area (Å²) in [6.07, 6.45) is -3.57. The molecule has 0 bridgehead atoms. The largest absolute Gasteiger partial charge is 0.427 e. The van der Waals surface area contributed by atoms with Crippen molar-refractivity contribution in [2.24, 2.45) is 0 Å². The Labute approximate surface area is 205 Å². The zero-order valence-electron chi connectivity index (χ0n) is 21.6. The molecule has 5 nitrogen and oxygen atoms in total. The standard InChI is InChI=1S/C24H40ClFO5Si2/c1-22(2,3)32(7,8)28-16-18-19(31-33(9,10)23(4,5)6)24(25,26)21(29-18)30-20(27)17-14-12-11-13-15-17/h11-15,18-19,21H,16H2,1-10H3/t18-,19-,21?,24+/m1/s1. The maximum Gasteiger partial charge on any atom is 0.340 e. The molecule has 0 saturated carbocycles. The van der Waals surface area contributed by atoms with Crippen molar-refractivity contribution in [1.82, 2.24) is 0 Å². The Morgan fingerprint density at radius 3 is 2.03 bits per heavy atom. The summed E-state index contributed by atoms with van der Waals surface area (Å²) < 4.78 is 40.1. The van der Waals surface area contributed by atoms with E-state index in [0.29, 0.717) is 0 Å². The van der Waals surface area contributed by atoms with E-state index in [4.69, 9.17) is 29.9 Å². The smallest absolute Gasteiger partial charge is 0.340 e. The van der Waals surface area contributed by atoms with Gasteiger partial charge in [0.1, 0.15) is 12.2 Å². The summed E-state index contributed by atoms with van der Waals surface area (Å²) in [5.74, 6) is -0.708. The lowest BCUT2D eigenvalue weighted by molar-refractivity contribution is -0.134. The molecule has 2 rings (SSSR count). The fourth-order valence-corrected chi connectivity index (χ4v) is 5.51. The average molecular weight is 519 g/mol. The SMILES string of the molecule is CC(C)(C)[Si](C)(C)OC[C@H]1OC(OC(=O)c2ccccc2)[C@](F)(Cl)[C@@H]1O[Si](C)(C)C(C)(C)C. The number of carbonyl (C=O) groups is 1. The molecule has 1 heterocycles. The van der Waals surface area contributed by atoms with E-state index in [-0.39, 0.29) is 22.2 Å². The van der Waals surface area contributed by atoms with Crippen LogP contribution < -0.4 is 0 Å². The van der Waals surface area contributed by atoms with Gasteiger partial charge in [0, 0.05) is 0 Å². The first-order chi connectivity index (χ1) is 14.8. The van der Waals surface area contributed by atoms with E-state index in [1.54, 1.807) is 30.3 Å². The Balaban J connectivity index is 2.31. The van der Waals surface area contributed by atoms with E-state index < -0.39 is 46.2 Å². The van der Waals surface area contributed by atoms with Crippen LogP contribution in [0.4, 0.5) is 4.39 Å². The predicted molar refractivity (Wildman–Crippen MR) is 135 cm³/mol. The molecule has 9 heteroatoms. The maximum atomic E-state index is 16.1. The van der Waals surface area contributed by atoms with Gasteiger partial charge < -0.3 is 18.3 Å². The molecule has 4 atom stereocenters. The molecule has 0 spiro atoms. The number of hydrogen-bond acceptors (Lipinski definition) is 5. The molecule has 0 amide bonds. The Bertz CT molecular complexity index is 818. The number of halogens is 2. The van der Waals surface area contributed by atoms with Gasteiger partial charge in [-0.3, -0.25) is 0 Å². The number of benzene rings is 1. The summed E-state index contributed by atoms with van der Waals surface area (Å²) in [5.41, 5.74) is 0.288. The zero-order valence-corrected chi connectivity index (χ0v) is 24.4. The summed E-state index contributed by atoms with van der Waals surface area (Å²) in [4.78, 5) is 12.6. The quantitative estimate of drug-likeness (QED) is 0.223. The Kier molecular flexibility index (Phi) is 8.37. The number of alkyl halides is 2. The lowest BCUT2D eigenvalue weighted by Gasteiger charge is -2.41. The molecule has 0 N–H and O–H groups in total. The lowest BCUT2D eigenvalue weighted by atomic mass is 10.1. The molecule has 0 radical (unpaired) electrons. The van der Waals surface area contributed by atoms with Crippen LogP contribution in [0.5, 0.6) is 0 Å². The van der Waals surface area contributed by atoms with Crippen molar-refractivity contribution >= 4 is 34.2 Å². The normalized spacial score (nSPS) is 27.0. The van der Waals surface area contributed by atoms with Crippen molar-refractivity contribution in [3.63, 3.8) is 0 Å². The summed E-state index contributed by atoms with van der Waals surface area (Å²) >= 11 is 6.41. The van der Waals surface area contributed by atoms with Crippen LogP contribution >= 0.6 is 11.6 Å². The highest BCUT2D eigenvalue weighted by Gasteiger charge is 2.62. The first-order valence-corrected chi connectivity index (χ1v) is 17.6. The number of ether oxygens (including phenoxy) is 2. The van der Waals surface area contributed by atoms with Gasteiger partial charge in [-0.15, -0.1) is 0 Å². The van der Waals surface area contributed by atoms with Gasteiger partial charge in [-0.1, -0.05) is 71.3 Å². The molecule has 1 aliphatic rings. The molecule has 0 aromatic heterocycles. The maximum absolute atomic E-state index is 16.1. The molecular weight excluding hydrogens is 479 g/mol. The van der Waals surface area contributed by atoms with E-state index in [1.165, 1.54) is 0 Å². The van der Waals surface area contributed by atoms with E-state index in [9.17, 15) is 4.79 Å². The first kappa shape index (κ1) is 28.5. The highest BCUT2D eigenvalue weighted by molar-refractivity contribution is 6.74. The fraction of sp³-hybridized carbons (Fsp3) is 0.708. The van der Waals surface area contributed by atoms with Gasteiger partial charge in [0.25, 0.3) is 11.4 Å². The molecule has 1 aromatic carbocycles. The van der Waals surface area contributed by atoms with E-state index >= 15 is 4.39 Å². The molecule has 1 aromatic rings. The topological polar surface area (TPSA) is 54.0 Å². The van der Waals surface area contributed by atoms with Crippen LogP contribution in [0.2, 0.25) is 36.3 Å². The van der Waals surface area contributed by atoms with Gasteiger partial charge in [0.15, 0.2) is 16.6 Å². The third-order valence-electron chi connectivity index (χ3n) is 7.20. The fourth-order valence-electron chi connectivity index (χ4n) is 2.83.